The molecule has 1 N–H and O–H groups in total. The second-order valence-electron chi connectivity index (χ2n) is 4.72. The molecule has 0 aliphatic heterocycles. The van der Waals surface area contributed by atoms with Crippen molar-refractivity contribution in [1.82, 2.24) is 5.32 Å². The van der Waals surface area contributed by atoms with Gasteiger partial charge in [0.05, 0.1) is 0 Å². The van der Waals surface area contributed by atoms with E-state index in [0.717, 1.165) is 33.6 Å². The van der Waals surface area contributed by atoms with Crippen LogP contribution in [-0.4, -0.2) is 6.54 Å². The van der Waals surface area contributed by atoms with Crippen LogP contribution in [0.3, 0.4) is 0 Å². The van der Waals surface area contributed by atoms with Crippen molar-refractivity contribution in [2.45, 2.75) is 19.4 Å². The third kappa shape index (κ3) is 4.61. The van der Waals surface area contributed by atoms with Crippen LogP contribution in [0.5, 0.6) is 0 Å². The van der Waals surface area contributed by atoms with Crippen LogP contribution in [0.25, 0.3) is 0 Å². The van der Waals surface area contributed by atoms with Crippen LogP contribution in [0.1, 0.15) is 24.1 Å². The topological polar surface area (TPSA) is 12.0 Å². The quantitative estimate of drug-likeness (QED) is 0.613. The average Bonchev–Trinajstić information content (AvgIpc) is 2.41. The number of hydrogen-bond donors (Lipinski definition) is 1. The molecule has 112 valence electrons. The maximum absolute atomic E-state index is 6.33. The maximum Gasteiger partial charge on any atom is 0.0468 e. The lowest BCUT2D eigenvalue weighted by atomic mass is 9.98. The molecular weight excluding hydrogens is 392 g/mol. The largest absolute Gasteiger partial charge is 0.310 e. The molecular formula is C16H15BrCl3N. The fourth-order valence-corrected chi connectivity index (χ4v) is 3.52. The van der Waals surface area contributed by atoms with Crippen molar-refractivity contribution in [1.29, 1.82) is 0 Å². The number of halogens is 4. The van der Waals surface area contributed by atoms with Gasteiger partial charge in [-0.3, -0.25) is 0 Å². The van der Waals surface area contributed by atoms with Gasteiger partial charge in [-0.05, 0) is 48.4 Å². The highest BCUT2D eigenvalue weighted by molar-refractivity contribution is 9.10. The Balaban J connectivity index is 2.30. The summed E-state index contributed by atoms with van der Waals surface area (Å²) in [5.74, 6) is 0. The van der Waals surface area contributed by atoms with Crippen molar-refractivity contribution < 1.29 is 0 Å². The van der Waals surface area contributed by atoms with E-state index >= 15 is 0 Å². The zero-order chi connectivity index (χ0) is 15.4. The van der Waals surface area contributed by atoms with Crippen LogP contribution < -0.4 is 5.32 Å². The van der Waals surface area contributed by atoms with Crippen LogP contribution in [0, 0.1) is 0 Å². The Morgan fingerprint density at radius 1 is 1.05 bits per heavy atom. The molecule has 2 aromatic carbocycles. The predicted octanol–water partition coefficient (Wildman–Crippen LogP) is 6.30. The lowest BCUT2D eigenvalue weighted by Crippen LogP contribution is -2.23. The summed E-state index contributed by atoms with van der Waals surface area (Å²) in [6.07, 6.45) is 0.765. The molecule has 0 saturated carbocycles. The first-order valence-corrected chi connectivity index (χ1v) is 8.56. The molecule has 0 heterocycles. The van der Waals surface area contributed by atoms with Gasteiger partial charge in [0, 0.05) is 25.6 Å². The molecule has 5 heteroatoms. The van der Waals surface area contributed by atoms with E-state index in [1.807, 2.05) is 30.3 Å². The highest BCUT2D eigenvalue weighted by Crippen LogP contribution is 2.31. The van der Waals surface area contributed by atoms with Gasteiger partial charge in [-0.15, -0.1) is 0 Å². The molecule has 0 amide bonds. The minimum Gasteiger partial charge on any atom is -0.310 e. The van der Waals surface area contributed by atoms with Gasteiger partial charge in [0.25, 0.3) is 0 Å². The molecule has 0 spiro atoms. The SMILES string of the molecule is CCNC(Cc1ccc(Br)cc1Cl)c1ccc(Cl)cc1Cl. The summed E-state index contributed by atoms with van der Waals surface area (Å²) in [5, 5.41) is 5.51. The first-order valence-electron chi connectivity index (χ1n) is 6.63. The van der Waals surface area contributed by atoms with Gasteiger partial charge in [0.2, 0.25) is 0 Å². The van der Waals surface area contributed by atoms with E-state index in [-0.39, 0.29) is 6.04 Å². The Bertz CT molecular complexity index is 631. The van der Waals surface area contributed by atoms with Gasteiger partial charge in [0.15, 0.2) is 0 Å². The fourth-order valence-electron chi connectivity index (χ4n) is 2.23. The molecule has 21 heavy (non-hydrogen) atoms. The summed E-state index contributed by atoms with van der Waals surface area (Å²) in [4.78, 5) is 0. The Morgan fingerprint density at radius 2 is 1.81 bits per heavy atom. The van der Waals surface area contributed by atoms with Crippen molar-refractivity contribution in [3.05, 3.63) is 67.1 Å². The zero-order valence-corrected chi connectivity index (χ0v) is 15.3. The molecule has 1 unspecified atom stereocenters. The monoisotopic (exact) mass is 405 g/mol. The van der Waals surface area contributed by atoms with Gasteiger partial charge < -0.3 is 5.32 Å². The summed E-state index contributed by atoms with van der Waals surface area (Å²) in [7, 11) is 0. The van der Waals surface area contributed by atoms with E-state index < -0.39 is 0 Å². The van der Waals surface area contributed by atoms with E-state index in [9.17, 15) is 0 Å². The third-order valence-electron chi connectivity index (χ3n) is 3.23. The van der Waals surface area contributed by atoms with E-state index in [1.54, 1.807) is 6.07 Å². The molecule has 1 nitrogen and oxygen atoms in total. The summed E-state index contributed by atoms with van der Waals surface area (Å²) in [5.41, 5.74) is 2.11. The Morgan fingerprint density at radius 3 is 2.43 bits per heavy atom. The van der Waals surface area contributed by atoms with Gasteiger partial charge in [-0.25, -0.2) is 0 Å². The molecule has 1 atom stereocenters. The summed E-state index contributed by atoms with van der Waals surface area (Å²) < 4.78 is 0.973. The van der Waals surface area contributed by atoms with Crippen molar-refractivity contribution in [3.8, 4) is 0 Å². The molecule has 0 radical (unpaired) electrons. The van der Waals surface area contributed by atoms with Crippen molar-refractivity contribution >= 4 is 50.7 Å². The van der Waals surface area contributed by atoms with Crippen molar-refractivity contribution in [3.63, 3.8) is 0 Å². The molecule has 0 aliphatic carbocycles. The molecule has 0 aliphatic rings. The molecule has 0 fully saturated rings. The Labute approximate surface area is 148 Å². The van der Waals surface area contributed by atoms with Crippen LogP contribution in [0.4, 0.5) is 0 Å². The highest BCUT2D eigenvalue weighted by Gasteiger charge is 2.16. The fraction of sp³-hybridized carbons (Fsp3) is 0.250. The number of hydrogen-bond acceptors (Lipinski definition) is 1. The predicted molar refractivity (Wildman–Crippen MR) is 95.7 cm³/mol. The number of likely N-dealkylation sites (N-methyl/N-ethyl adjacent to an activating group) is 1. The van der Waals surface area contributed by atoms with Crippen LogP contribution in [-0.2, 0) is 6.42 Å². The number of rotatable bonds is 5. The van der Waals surface area contributed by atoms with E-state index in [1.165, 1.54) is 0 Å². The first-order chi connectivity index (χ1) is 10.0. The first kappa shape index (κ1) is 17.1. The van der Waals surface area contributed by atoms with Crippen LogP contribution in [0.2, 0.25) is 15.1 Å². The van der Waals surface area contributed by atoms with Crippen molar-refractivity contribution in [2.24, 2.45) is 0 Å². The second-order valence-corrected chi connectivity index (χ2v) is 6.88. The molecule has 0 bridgehead atoms. The third-order valence-corrected chi connectivity index (χ3v) is 4.64. The lowest BCUT2D eigenvalue weighted by Gasteiger charge is -2.20. The van der Waals surface area contributed by atoms with Gasteiger partial charge in [-0.1, -0.05) is 69.8 Å². The number of nitrogens with one attached hydrogen (secondary N) is 1. The van der Waals surface area contributed by atoms with Gasteiger partial charge in [-0.2, -0.15) is 0 Å². The molecule has 0 saturated heterocycles. The van der Waals surface area contributed by atoms with Crippen molar-refractivity contribution in [2.75, 3.05) is 6.54 Å². The summed E-state index contributed by atoms with van der Waals surface area (Å²) in [6.45, 7) is 2.91. The van der Waals surface area contributed by atoms with Crippen LogP contribution in [0.15, 0.2) is 40.9 Å². The standard InChI is InChI=1S/C16H15BrCl3N/c1-2-21-16(13-6-5-12(18)9-15(13)20)7-10-3-4-11(17)8-14(10)19/h3-6,8-9,16,21H,2,7H2,1H3. The van der Waals surface area contributed by atoms with E-state index in [4.69, 9.17) is 34.8 Å². The Kier molecular flexibility index (Phi) is 6.39. The van der Waals surface area contributed by atoms with E-state index in [0.29, 0.717) is 10.0 Å². The smallest absolute Gasteiger partial charge is 0.0468 e. The minimum atomic E-state index is 0.0958. The zero-order valence-electron chi connectivity index (χ0n) is 11.5. The van der Waals surface area contributed by atoms with Crippen LogP contribution >= 0.6 is 50.7 Å². The summed E-state index contributed by atoms with van der Waals surface area (Å²) >= 11 is 22.0. The normalized spacial score (nSPS) is 12.4. The highest BCUT2D eigenvalue weighted by atomic mass is 79.9. The minimum absolute atomic E-state index is 0.0958. The van der Waals surface area contributed by atoms with E-state index in [2.05, 4.69) is 28.2 Å². The Hall–Kier alpha value is -0.250. The summed E-state index contributed by atoms with van der Waals surface area (Å²) in [6, 6.07) is 11.6. The van der Waals surface area contributed by atoms with Gasteiger partial charge >= 0.3 is 0 Å². The maximum atomic E-state index is 6.33. The van der Waals surface area contributed by atoms with Gasteiger partial charge in [0.1, 0.15) is 0 Å². The molecule has 2 aromatic rings. The average molecular weight is 408 g/mol. The second kappa shape index (κ2) is 7.85. The lowest BCUT2D eigenvalue weighted by molar-refractivity contribution is 0.550. The molecule has 2 rings (SSSR count). The number of benzene rings is 2. The molecule has 0 aromatic heterocycles.